The number of hydrogen-bond donors (Lipinski definition) is 1. The van der Waals surface area contributed by atoms with Crippen molar-refractivity contribution in [2.24, 2.45) is 0 Å². The van der Waals surface area contributed by atoms with E-state index in [0.717, 1.165) is 43.4 Å². The summed E-state index contributed by atoms with van der Waals surface area (Å²) in [5.41, 5.74) is 1.15. The van der Waals surface area contributed by atoms with E-state index >= 15 is 0 Å². The summed E-state index contributed by atoms with van der Waals surface area (Å²) in [4.78, 5) is 6.98. The molecule has 0 aromatic carbocycles. The van der Waals surface area contributed by atoms with Crippen molar-refractivity contribution in [3.8, 4) is 0 Å². The quantitative estimate of drug-likeness (QED) is 0.787. The lowest BCUT2D eigenvalue weighted by Crippen LogP contribution is -2.22. The summed E-state index contributed by atoms with van der Waals surface area (Å²) < 4.78 is 5.37. The lowest BCUT2D eigenvalue weighted by atomic mass is 10.3. The fourth-order valence-corrected chi connectivity index (χ4v) is 2.87. The first-order chi connectivity index (χ1) is 8.33. The van der Waals surface area contributed by atoms with Crippen molar-refractivity contribution in [1.29, 1.82) is 0 Å². The second kappa shape index (κ2) is 6.33. The molecule has 1 aliphatic heterocycles. The van der Waals surface area contributed by atoms with Gasteiger partial charge in [0.1, 0.15) is 0 Å². The molecule has 2 heterocycles. The molecule has 1 aromatic heterocycles. The van der Waals surface area contributed by atoms with Gasteiger partial charge < -0.3 is 15.0 Å². The van der Waals surface area contributed by atoms with Gasteiger partial charge in [-0.2, -0.15) is 0 Å². The zero-order valence-corrected chi connectivity index (χ0v) is 11.4. The topological polar surface area (TPSA) is 37.4 Å². The van der Waals surface area contributed by atoms with Crippen LogP contribution in [0.3, 0.4) is 0 Å². The average Bonchev–Trinajstić information content (AvgIpc) is 2.97. The van der Waals surface area contributed by atoms with Gasteiger partial charge in [0.2, 0.25) is 0 Å². The molecule has 1 unspecified atom stereocenters. The highest BCUT2D eigenvalue weighted by molar-refractivity contribution is 7.13. The number of anilines is 1. The molecular formula is C12H21N3OS. The Kier molecular flexibility index (Phi) is 4.76. The maximum Gasteiger partial charge on any atom is 0.185 e. The summed E-state index contributed by atoms with van der Waals surface area (Å²) in [5, 5.41) is 6.66. The zero-order valence-electron chi connectivity index (χ0n) is 10.6. The molecule has 0 spiro atoms. The lowest BCUT2D eigenvalue weighted by Gasteiger charge is -2.13. The van der Waals surface area contributed by atoms with Crippen molar-refractivity contribution in [2.75, 3.05) is 31.6 Å². The van der Waals surface area contributed by atoms with Crippen LogP contribution in [0.5, 0.6) is 0 Å². The van der Waals surface area contributed by atoms with Gasteiger partial charge >= 0.3 is 0 Å². The van der Waals surface area contributed by atoms with Crippen LogP contribution < -0.4 is 10.2 Å². The monoisotopic (exact) mass is 255 g/mol. The fourth-order valence-electron chi connectivity index (χ4n) is 2.01. The Balaban J connectivity index is 1.85. The highest BCUT2D eigenvalue weighted by atomic mass is 32.1. The van der Waals surface area contributed by atoms with Gasteiger partial charge in [0.25, 0.3) is 0 Å². The average molecular weight is 255 g/mol. The molecule has 0 amide bonds. The Morgan fingerprint density at radius 3 is 3.24 bits per heavy atom. The van der Waals surface area contributed by atoms with E-state index < -0.39 is 0 Å². The predicted molar refractivity (Wildman–Crippen MR) is 71.7 cm³/mol. The van der Waals surface area contributed by atoms with Crippen molar-refractivity contribution in [1.82, 2.24) is 10.3 Å². The molecule has 1 saturated heterocycles. The van der Waals surface area contributed by atoms with E-state index in [9.17, 15) is 0 Å². The van der Waals surface area contributed by atoms with Gasteiger partial charge in [0.15, 0.2) is 5.13 Å². The van der Waals surface area contributed by atoms with Gasteiger partial charge in [-0.1, -0.05) is 6.92 Å². The van der Waals surface area contributed by atoms with Crippen LogP contribution in [-0.2, 0) is 11.3 Å². The molecule has 4 nitrogen and oxygen atoms in total. The minimum atomic E-state index is 0.376. The minimum absolute atomic E-state index is 0.376. The van der Waals surface area contributed by atoms with Crippen molar-refractivity contribution in [3.05, 3.63) is 11.1 Å². The Hall–Kier alpha value is -0.650. The van der Waals surface area contributed by atoms with Crippen LogP contribution in [0.25, 0.3) is 0 Å². The molecular weight excluding hydrogens is 234 g/mol. The van der Waals surface area contributed by atoms with Crippen LogP contribution in [0.4, 0.5) is 5.13 Å². The fraction of sp³-hybridized carbons (Fsp3) is 0.750. The largest absolute Gasteiger partial charge is 0.380 e. The van der Waals surface area contributed by atoms with Gasteiger partial charge in [-0.25, -0.2) is 4.98 Å². The normalized spacial score (nSPS) is 20.1. The first-order valence-corrected chi connectivity index (χ1v) is 7.14. The Morgan fingerprint density at radius 1 is 1.65 bits per heavy atom. The van der Waals surface area contributed by atoms with Gasteiger partial charge in [0.05, 0.1) is 11.8 Å². The third kappa shape index (κ3) is 3.40. The van der Waals surface area contributed by atoms with Crippen LogP contribution in [-0.4, -0.2) is 37.8 Å². The van der Waals surface area contributed by atoms with Crippen molar-refractivity contribution in [3.63, 3.8) is 0 Å². The number of ether oxygens (including phenoxy) is 1. The highest BCUT2D eigenvalue weighted by Gasteiger charge is 2.24. The molecule has 0 bridgehead atoms. The standard InChI is InChI=1S/C12H21N3OS/c1-3-5-13-7-10-9-17-12(14-10)15-6-4-11(8-15)16-2/h9,11,13H,3-8H2,1-2H3. The smallest absolute Gasteiger partial charge is 0.185 e. The van der Waals surface area contributed by atoms with Crippen LogP contribution in [0.1, 0.15) is 25.5 Å². The van der Waals surface area contributed by atoms with Gasteiger partial charge in [0, 0.05) is 32.1 Å². The van der Waals surface area contributed by atoms with E-state index in [1.807, 2.05) is 0 Å². The summed E-state index contributed by atoms with van der Waals surface area (Å²) in [7, 11) is 1.79. The molecule has 1 fully saturated rings. The number of aromatic nitrogens is 1. The Bertz CT molecular complexity index is 342. The molecule has 0 aliphatic carbocycles. The summed E-state index contributed by atoms with van der Waals surface area (Å²) in [6.07, 6.45) is 2.65. The van der Waals surface area contributed by atoms with E-state index in [1.165, 1.54) is 6.42 Å². The molecule has 2 rings (SSSR count). The molecule has 1 atom stereocenters. The predicted octanol–water partition coefficient (Wildman–Crippen LogP) is 1.87. The van der Waals surface area contributed by atoms with Crippen LogP contribution in [0.15, 0.2) is 5.38 Å². The summed E-state index contributed by atoms with van der Waals surface area (Å²) in [6, 6.07) is 0. The highest BCUT2D eigenvalue weighted by Crippen LogP contribution is 2.25. The van der Waals surface area contributed by atoms with E-state index in [2.05, 4.69) is 27.5 Å². The number of nitrogens with zero attached hydrogens (tertiary/aromatic N) is 2. The number of nitrogens with one attached hydrogen (secondary N) is 1. The lowest BCUT2D eigenvalue weighted by molar-refractivity contribution is 0.121. The third-order valence-corrected chi connectivity index (χ3v) is 3.97. The zero-order chi connectivity index (χ0) is 12.1. The first kappa shape index (κ1) is 12.8. The molecule has 0 saturated carbocycles. The van der Waals surface area contributed by atoms with E-state index in [1.54, 1.807) is 18.4 Å². The van der Waals surface area contributed by atoms with Gasteiger partial charge in [-0.05, 0) is 19.4 Å². The molecule has 5 heteroatoms. The minimum Gasteiger partial charge on any atom is -0.380 e. The maximum absolute atomic E-state index is 5.37. The van der Waals surface area contributed by atoms with Gasteiger partial charge in [-0.3, -0.25) is 0 Å². The van der Waals surface area contributed by atoms with Crippen molar-refractivity contribution >= 4 is 16.5 Å². The number of methoxy groups -OCH3 is 1. The third-order valence-electron chi connectivity index (χ3n) is 3.02. The van der Waals surface area contributed by atoms with Crippen molar-refractivity contribution < 1.29 is 4.74 Å². The van der Waals surface area contributed by atoms with Crippen molar-refractivity contribution in [2.45, 2.75) is 32.4 Å². The second-order valence-corrected chi connectivity index (χ2v) is 5.23. The van der Waals surface area contributed by atoms with Gasteiger partial charge in [-0.15, -0.1) is 11.3 Å². The summed E-state index contributed by atoms with van der Waals surface area (Å²) in [5.74, 6) is 0. The SMILES string of the molecule is CCCNCc1csc(N2CCC(OC)C2)n1. The Labute approximate surface area is 107 Å². The molecule has 17 heavy (non-hydrogen) atoms. The number of hydrogen-bond acceptors (Lipinski definition) is 5. The second-order valence-electron chi connectivity index (χ2n) is 4.39. The van der Waals surface area contributed by atoms with Crippen LogP contribution in [0, 0.1) is 0 Å². The molecule has 1 aliphatic rings. The summed E-state index contributed by atoms with van der Waals surface area (Å²) in [6.45, 7) is 6.16. The first-order valence-electron chi connectivity index (χ1n) is 6.26. The Morgan fingerprint density at radius 2 is 2.53 bits per heavy atom. The van der Waals surface area contributed by atoms with Crippen LogP contribution >= 0.6 is 11.3 Å². The molecule has 1 N–H and O–H groups in total. The van der Waals surface area contributed by atoms with E-state index in [4.69, 9.17) is 4.74 Å². The van der Waals surface area contributed by atoms with E-state index in [0.29, 0.717) is 6.10 Å². The summed E-state index contributed by atoms with van der Waals surface area (Å²) >= 11 is 1.74. The number of thiazole rings is 1. The number of rotatable bonds is 6. The molecule has 96 valence electrons. The molecule has 1 aromatic rings. The van der Waals surface area contributed by atoms with Crippen LogP contribution in [0.2, 0.25) is 0 Å². The molecule has 0 radical (unpaired) electrons. The maximum atomic E-state index is 5.37. The van der Waals surface area contributed by atoms with E-state index in [-0.39, 0.29) is 0 Å².